The minimum Gasteiger partial charge on any atom is -0.480 e. The maximum atomic E-state index is 11.4. The molecule has 0 amide bonds. The molecule has 1 rings (SSSR count). The molecule has 15 heavy (non-hydrogen) atoms. The van der Waals surface area contributed by atoms with Crippen LogP contribution in [0.2, 0.25) is 0 Å². The van der Waals surface area contributed by atoms with E-state index < -0.39 is 11.4 Å². The monoisotopic (exact) mass is 204 g/mol. The first-order valence-corrected chi connectivity index (χ1v) is 4.98. The van der Waals surface area contributed by atoms with Gasteiger partial charge < -0.3 is 5.11 Å². The topological polar surface area (TPSA) is 37.3 Å². The molecule has 1 N–H and O–H groups in total. The second kappa shape index (κ2) is 4.30. The molecule has 2 nitrogen and oxygen atoms in total. The van der Waals surface area contributed by atoms with E-state index >= 15 is 0 Å². The van der Waals surface area contributed by atoms with Gasteiger partial charge in [0.05, 0.1) is 0 Å². The Morgan fingerprint density at radius 1 is 1.40 bits per heavy atom. The molecule has 0 saturated heterocycles. The minimum absolute atomic E-state index is 0.0325. The molecular weight excluding hydrogens is 188 g/mol. The SMILES string of the molecule is C=C[C@](C(=O)O)(c1ccccc1)C(C)C. The van der Waals surface area contributed by atoms with Crippen LogP contribution in [0.5, 0.6) is 0 Å². The first-order valence-electron chi connectivity index (χ1n) is 4.98. The van der Waals surface area contributed by atoms with Gasteiger partial charge in [-0.05, 0) is 11.5 Å². The van der Waals surface area contributed by atoms with Crippen molar-refractivity contribution in [2.45, 2.75) is 19.3 Å². The predicted molar refractivity (Wildman–Crippen MR) is 60.8 cm³/mol. The third kappa shape index (κ3) is 1.80. The van der Waals surface area contributed by atoms with E-state index in [-0.39, 0.29) is 5.92 Å². The zero-order chi connectivity index (χ0) is 11.5. The fourth-order valence-corrected chi connectivity index (χ4v) is 1.86. The number of hydrogen-bond donors (Lipinski definition) is 1. The summed E-state index contributed by atoms with van der Waals surface area (Å²) in [4.78, 5) is 11.4. The normalized spacial score (nSPS) is 14.6. The highest BCUT2D eigenvalue weighted by Gasteiger charge is 2.40. The van der Waals surface area contributed by atoms with Crippen LogP contribution in [0.3, 0.4) is 0 Å². The van der Waals surface area contributed by atoms with E-state index in [0.29, 0.717) is 0 Å². The molecule has 0 saturated carbocycles. The third-order valence-corrected chi connectivity index (χ3v) is 2.84. The number of rotatable bonds is 4. The van der Waals surface area contributed by atoms with E-state index in [1.54, 1.807) is 0 Å². The van der Waals surface area contributed by atoms with Gasteiger partial charge in [-0.3, -0.25) is 4.79 Å². The Balaban J connectivity index is 3.35. The maximum Gasteiger partial charge on any atom is 0.318 e. The minimum atomic E-state index is -0.985. The van der Waals surface area contributed by atoms with Crippen LogP contribution in [0.4, 0.5) is 0 Å². The highest BCUT2D eigenvalue weighted by Crippen LogP contribution is 2.33. The molecule has 0 aliphatic rings. The average Bonchev–Trinajstić information content (AvgIpc) is 2.20. The summed E-state index contributed by atoms with van der Waals surface area (Å²) in [6.45, 7) is 7.45. The average molecular weight is 204 g/mol. The summed E-state index contributed by atoms with van der Waals surface area (Å²) in [6.07, 6.45) is 1.52. The van der Waals surface area contributed by atoms with E-state index in [9.17, 15) is 9.90 Å². The molecule has 1 aromatic carbocycles. The van der Waals surface area contributed by atoms with Crippen molar-refractivity contribution in [2.24, 2.45) is 5.92 Å². The fourth-order valence-electron chi connectivity index (χ4n) is 1.86. The Morgan fingerprint density at radius 2 is 1.93 bits per heavy atom. The highest BCUT2D eigenvalue weighted by molar-refractivity contribution is 5.84. The van der Waals surface area contributed by atoms with E-state index in [2.05, 4.69) is 6.58 Å². The first-order chi connectivity index (χ1) is 7.05. The van der Waals surface area contributed by atoms with Crippen LogP contribution < -0.4 is 0 Å². The molecule has 1 atom stereocenters. The van der Waals surface area contributed by atoms with Crippen molar-refractivity contribution in [3.63, 3.8) is 0 Å². The lowest BCUT2D eigenvalue weighted by atomic mass is 9.72. The molecule has 0 bridgehead atoms. The Labute approximate surface area is 90.3 Å². The predicted octanol–water partition coefficient (Wildman–Crippen LogP) is 2.85. The quantitative estimate of drug-likeness (QED) is 0.766. The van der Waals surface area contributed by atoms with Gasteiger partial charge in [0.25, 0.3) is 0 Å². The summed E-state index contributed by atoms with van der Waals surface area (Å²) < 4.78 is 0. The summed E-state index contributed by atoms with van der Waals surface area (Å²) in [6, 6.07) is 9.23. The molecule has 2 heteroatoms. The van der Waals surface area contributed by atoms with Gasteiger partial charge in [0.15, 0.2) is 0 Å². The van der Waals surface area contributed by atoms with Crippen molar-refractivity contribution in [1.82, 2.24) is 0 Å². The van der Waals surface area contributed by atoms with Gasteiger partial charge in [0.2, 0.25) is 0 Å². The summed E-state index contributed by atoms with van der Waals surface area (Å²) in [7, 11) is 0. The zero-order valence-electron chi connectivity index (χ0n) is 9.10. The molecule has 0 aliphatic carbocycles. The molecule has 1 aromatic rings. The van der Waals surface area contributed by atoms with E-state index in [0.717, 1.165) is 5.56 Å². The molecule has 0 heterocycles. The number of carboxylic acids is 1. The van der Waals surface area contributed by atoms with Crippen molar-refractivity contribution in [1.29, 1.82) is 0 Å². The highest BCUT2D eigenvalue weighted by atomic mass is 16.4. The number of aliphatic carboxylic acids is 1. The van der Waals surface area contributed by atoms with Crippen LogP contribution in [-0.4, -0.2) is 11.1 Å². The second-order valence-electron chi connectivity index (χ2n) is 3.90. The van der Waals surface area contributed by atoms with Gasteiger partial charge in [0, 0.05) is 0 Å². The van der Waals surface area contributed by atoms with Crippen molar-refractivity contribution >= 4 is 5.97 Å². The maximum absolute atomic E-state index is 11.4. The smallest absolute Gasteiger partial charge is 0.318 e. The number of benzene rings is 1. The van der Waals surface area contributed by atoms with Crippen LogP contribution in [0.1, 0.15) is 19.4 Å². The van der Waals surface area contributed by atoms with Gasteiger partial charge in [-0.2, -0.15) is 0 Å². The number of carboxylic acid groups (broad SMARTS) is 1. The Hall–Kier alpha value is -1.57. The second-order valence-corrected chi connectivity index (χ2v) is 3.90. The van der Waals surface area contributed by atoms with Gasteiger partial charge in [-0.1, -0.05) is 50.3 Å². The first kappa shape index (κ1) is 11.5. The van der Waals surface area contributed by atoms with Crippen molar-refractivity contribution < 1.29 is 9.90 Å². The molecule has 0 radical (unpaired) electrons. The van der Waals surface area contributed by atoms with Gasteiger partial charge >= 0.3 is 5.97 Å². The fraction of sp³-hybridized carbons (Fsp3) is 0.308. The van der Waals surface area contributed by atoms with Crippen LogP contribution >= 0.6 is 0 Å². The van der Waals surface area contributed by atoms with Gasteiger partial charge in [-0.15, -0.1) is 6.58 Å². The molecule has 0 aromatic heterocycles. The van der Waals surface area contributed by atoms with Crippen LogP contribution in [0.25, 0.3) is 0 Å². The van der Waals surface area contributed by atoms with Crippen LogP contribution in [0.15, 0.2) is 43.0 Å². The largest absolute Gasteiger partial charge is 0.480 e. The lowest BCUT2D eigenvalue weighted by molar-refractivity contribution is -0.143. The van der Waals surface area contributed by atoms with Crippen LogP contribution in [-0.2, 0) is 10.2 Å². The lowest BCUT2D eigenvalue weighted by Gasteiger charge is -2.30. The Morgan fingerprint density at radius 3 is 2.27 bits per heavy atom. The number of hydrogen-bond acceptors (Lipinski definition) is 1. The zero-order valence-corrected chi connectivity index (χ0v) is 9.10. The molecular formula is C13H16O2. The molecule has 0 fully saturated rings. The summed E-state index contributed by atoms with van der Waals surface area (Å²) in [5, 5.41) is 9.38. The van der Waals surface area contributed by atoms with Crippen molar-refractivity contribution in [3.8, 4) is 0 Å². The summed E-state index contributed by atoms with van der Waals surface area (Å²) in [5.74, 6) is -0.881. The number of carbonyl (C=O) groups is 1. The van der Waals surface area contributed by atoms with Crippen molar-refractivity contribution in [3.05, 3.63) is 48.6 Å². The molecule has 0 aliphatic heterocycles. The molecule has 80 valence electrons. The molecule has 0 unspecified atom stereocenters. The Bertz CT molecular complexity index is 354. The van der Waals surface area contributed by atoms with E-state index in [1.807, 2.05) is 44.2 Å². The summed E-state index contributed by atoms with van der Waals surface area (Å²) in [5.41, 5.74) is -0.205. The van der Waals surface area contributed by atoms with Crippen LogP contribution in [0, 0.1) is 5.92 Å². The standard InChI is InChI=1S/C13H16O2/c1-4-13(10(2)3,12(14)15)11-8-6-5-7-9-11/h4-10H,1H2,2-3H3,(H,14,15)/t13-/m1/s1. The Kier molecular flexibility index (Phi) is 3.30. The summed E-state index contributed by atoms with van der Waals surface area (Å²) >= 11 is 0. The van der Waals surface area contributed by atoms with Gasteiger partial charge in [0.1, 0.15) is 5.41 Å². The van der Waals surface area contributed by atoms with Gasteiger partial charge in [-0.25, -0.2) is 0 Å². The third-order valence-electron chi connectivity index (χ3n) is 2.84. The van der Waals surface area contributed by atoms with E-state index in [1.165, 1.54) is 6.08 Å². The molecule has 0 spiro atoms. The van der Waals surface area contributed by atoms with E-state index in [4.69, 9.17) is 0 Å². The lowest BCUT2D eigenvalue weighted by Crippen LogP contribution is -2.38. The van der Waals surface area contributed by atoms with Crippen molar-refractivity contribution in [2.75, 3.05) is 0 Å².